The zero-order chi connectivity index (χ0) is 10.3. The molecule has 0 N–H and O–H groups in total. The Morgan fingerprint density at radius 3 is 1.86 bits per heavy atom. The van der Waals surface area contributed by atoms with E-state index in [9.17, 15) is 0 Å². The summed E-state index contributed by atoms with van der Waals surface area (Å²) in [6, 6.07) is 0. The molecule has 0 saturated heterocycles. The molecule has 1 aromatic carbocycles. The van der Waals surface area contributed by atoms with Crippen molar-refractivity contribution in [2.45, 2.75) is 38.4 Å². The molecule has 0 atom stereocenters. The maximum atomic E-state index is 5.98. The van der Waals surface area contributed by atoms with Crippen LogP contribution in [0.3, 0.4) is 0 Å². The van der Waals surface area contributed by atoms with Gasteiger partial charge in [0.25, 0.3) is 0 Å². The number of alkyl halides is 2. The van der Waals surface area contributed by atoms with Gasteiger partial charge in [0.15, 0.2) is 0 Å². The van der Waals surface area contributed by atoms with E-state index in [-0.39, 0.29) is 0 Å². The zero-order valence-corrected chi connectivity index (χ0v) is 10.1. The van der Waals surface area contributed by atoms with Gasteiger partial charge in [0.05, 0.1) is 0 Å². The zero-order valence-electron chi connectivity index (χ0n) is 8.58. The summed E-state index contributed by atoms with van der Waals surface area (Å²) in [6.07, 6.45) is 2.40. The number of rotatable bonds is 2. The molecule has 0 aliphatic heterocycles. The second-order valence-electron chi connectivity index (χ2n) is 3.93. The molecule has 0 amide bonds. The molecule has 0 nitrogen and oxygen atoms in total. The molecule has 76 valence electrons. The van der Waals surface area contributed by atoms with Crippen LogP contribution in [-0.2, 0) is 24.6 Å². The van der Waals surface area contributed by atoms with Crippen molar-refractivity contribution in [3.05, 3.63) is 33.4 Å². The van der Waals surface area contributed by atoms with E-state index in [2.05, 4.69) is 13.8 Å². The topological polar surface area (TPSA) is 0 Å². The van der Waals surface area contributed by atoms with Gasteiger partial charge in [-0.25, -0.2) is 0 Å². The molecule has 0 heterocycles. The first-order chi connectivity index (χ1) is 6.70. The van der Waals surface area contributed by atoms with Gasteiger partial charge in [-0.15, -0.1) is 23.2 Å². The van der Waals surface area contributed by atoms with Gasteiger partial charge in [0, 0.05) is 11.8 Å². The highest BCUT2D eigenvalue weighted by Crippen LogP contribution is 2.36. The summed E-state index contributed by atoms with van der Waals surface area (Å²) in [6.45, 7) is 4.32. The lowest BCUT2D eigenvalue weighted by atomic mass is 9.78. The first-order valence-corrected chi connectivity index (χ1v) is 6.02. The summed E-state index contributed by atoms with van der Waals surface area (Å²) >= 11 is 12.0. The van der Waals surface area contributed by atoms with Crippen LogP contribution in [0.1, 0.15) is 33.4 Å². The van der Waals surface area contributed by atoms with Gasteiger partial charge in [0.1, 0.15) is 0 Å². The minimum atomic E-state index is 0.606. The Balaban J connectivity index is 2.69. The summed E-state index contributed by atoms with van der Waals surface area (Å²) in [5.41, 5.74) is 8.32. The lowest BCUT2D eigenvalue weighted by molar-refractivity contribution is 0.803. The van der Waals surface area contributed by atoms with E-state index in [0.29, 0.717) is 11.8 Å². The second-order valence-corrected chi connectivity index (χ2v) is 4.47. The SMILES string of the molecule is Cc1c(CCl)c(C)c2c(c1CCl)CC2. The van der Waals surface area contributed by atoms with E-state index in [1.165, 1.54) is 46.2 Å². The van der Waals surface area contributed by atoms with E-state index < -0.39 is 0 Å². The molecule has 0 saturated carbocycles. The normalized spacial score (nSPS) is 13.7. The fourth-order valence-electron chi connectivity index (χ4n) is 2.38. The fraction of sp³-hybridized carbons (Fsp3) is 0.500. The Morgan fingerprint density at radius 2 is 1.43 bits per heavy atom. The number of halogens is 2. The maximum Gasteiger partial charge on any atom is 0.0479 e. The minimum Gasteiger partial charge on any atom is -0.122 e. The third kappa shape index (κ3) is 1.28. The molecule has 0 aromatic heterocycles. The van der Waals surface area contributed by atoms with Crippen molar-refractivity contribution in [1.29, 1.82) is 0 Å². The fourth-order valence-corrected chi connectivity index (χ4v) is 3.14. The van der Waals surface area contributed by atoms with E-state index in [1.54, 1.807) is 0 Å². The average molecular weight is 229 g/mol. The molecule has 2 heteroatoms. The Labute approximate surface area is 95.2 Å². The van der Waals surface area contributed by atoms with Gasteiger partial charge in [-0.3, -0.25) is 0 Å². The van der Waals surface area contributed by atoms with Crippen LogP contribution in [0, 0.1) is 13.8 Å². The monoisotopic (exact) mass is 228 g/mol. The molecule has 0 fully saturated rings. The van der Waals surface area contributed by atoms with Crippen LogP contribution in [0.5, 0.6) is 0 Å². The standard InChI is InChI=1S/C12H14Cl2/c1-7-9-3-4-10(9)12(6-14)8(2)11(7)5-13/h3-6H2,1-2H3. The molecule has 0 spiro atoms. The highest BCUT2D eigenvalue weighted by molar-refractivity contribution is 6.18. The van der Waals surface area contributed by atoms with Crippen LogP contribution in [0.15, 0.2) is 0 Å². The van der Waals surface area contributed by atoms with Crippen molar-refractivity contribution in [2.24, 2.45) is 0 Å². The van der Waals surface area contributed by atoms with Crippen molar-refractivity contribution >= 4 is 23.2 Å². The van der Waals surface area contributed by atoms with Crippen LogP contribution in [-0.4, -0.2) is 0 Å². The molecule has 0 unspecified atom stereocenters. The molecular weight excluding hydrogens is 215 g/mol. The number of benzene rings is 1. The summed E-state index contributed by atoms with van der Waals surface area (Å²) in [7, 11) is 0. The molecular formula is C12H14Cl2. The Hall–Kier alpha value is -0.200. The molecule has 14 heavy (non-hydrogen) atoms. The number of hydrogen-bond donors (Lipinski definition) is 0. The van der Waals surface area contributed by atoms with Gasteiger partial charge < -0.3 is 0 Å². The van der Waals surface area contributed by atoms with Crippen molar-refractivity contribution in [2.75, 3.05) is 0 Å². The maximum absolute atomic E-state index is 5.98. The lowest BCUT2D eigenvalue weighted by Crippen LogP contribution is -2.17. The quantitative estimate of drug-likeness (QED) is 0.675. The third-order valence-corrected chi connectivity index (χ3v) is 3.97. The van der Waals surface area contributed by atoms with Crippen molar-refractivity contribution in [3.8, 4) is 0 Å². The molecule has 2 rings (SSSR count). The summed E-state index contributed by atoms with van der Waals surface area (Å²) in [5, 5.41) is 0. The van der Waals surface area contributed by atoms with Gasteiger partial charge in [-0.1, -0.05) is 0 Å². The van der Waals surface area contributed by atoms with Crippen molar-refractivity contribution in [1.82, 2.24) is 0 Å². The number of hydrogen-bond acceptors (Lipinski definition) is 0. The summed E-state index contributed by atoms with van der Waals surface area (Å²) in [4.78, 5) is 0. The van der Waals surface area contributed by atoms with Crippen molar-refractivity contribution in [3.63, 3.8) is 0 Å². The van der Waals surface area contributed by atoms with E-state index in [1.807, 2.05) is 0 Å². The highest BCUT2D eigenvalue weighted by atomic mass is 35.5. The molecule has 1 aromatic rings. The van der Waals surface area contributed by atoms with Gasteiger partial charge in [-0.05, 0) is 60.1 Å². The van der Waals surface area contributed by atoms with E-state index in [4.69, 9.17) is 23.2 Å². The summed E-state index contributed by atoms with van der Waals surface area (Å²) in [5.74, 6) is 1.23. The second kappa shape index (κ2) is 3.75. The van der Waals surface area contributed by atoms with Crippen LogP contribution < -0.4 is 0 Å². The van der Waals surface area contributed by atoms with Crippen LogP contribution in [0.4, 0.5) is 0 Å². The average Bonchev–Trinajstić information content (AvgIpc) is 2.11. The minimum absolute atomic E-state index is 0.606. The van der Waals surface area contributed by atoms with Crippen molar-refractivity contribution < 1.29 is 0 Å². The van der Waals surface area contributed by atoms with Crippen LogP contribution in [0.25, 0.3) is 0 Å². The van der Waals surface area contributed by atoms with Gasteiger partial charge in [0.2, 0.25) is 0 Å². The molecule has 0 radical (unpaired) electrons. The van der Waals surface area contributed by atoms with Crippen LogP contribution >= 0.6 is 23.2 Å². The smallest absolute Gasteiger partial charge is 0.0479 e. The Kier molecular flexibility index (Phi) is 2.77. The first kappa shape index (κ1) is 10.3. The number of fused-ring (bicyclic) bond motifs is 1. The predicted octanol–water partition coefficient (Wildman–Crippen LogP) is 3.88. The molecule has 0 bridgehead atoms. The molecule has 1 aliphatic carbocycles. The highest BCUT2D eigenvalue weighted by Gasteiger charge is 2.23. The van der Waals surface area contributed by atoms with E-state index in [0.717, 1.165) is 0 Å². The third-order valence-electron chi connectivity index (χ3n) is 3.43. The predicted molar refractivity (Wildman–Crippen MR) is 62.4 cm³/mol. The van der Waals surface area contributed by atoms with Crippen LogP contribution in [0.2, 0.25) is 0 Å². The van der Waals surface area contributed by atoms with Gasteiger partial charge >= 0.3 is 0 Å². The lowest BCUT2D eigenvalue weighted by Gasteiger charge is -2.28. The van der Waals surface area contributed by atoms with E-state index >= 15 is 0 Å². The molecule has 1 aliphatic rings. The van der Waals surface area contributed by atoms with Gasteiger partial charge in [-0.2, -0.15) is 0 Å². The first-order valence-electron chi connectivity index (χ1n) is 4.95. The largest absolute Gasteiger partial charge is 0.122 e. The Morgan fingerprint density at radius 1 is 0.857 bits per heavy atom. The summed E-state index contributed by atoms with van der Waals surface area (Å²) < 4.78 is 0. The Bertz CT molecular complexity index is 355.